The second kappa shape index (κ2) is 5.65. The van der Waals surface area contributed by atoms with Gasteiger partial charge in [-0.2, -0.15) is 0 Å². The first-order chi connectivity index (χ1) is 11.6. The summed E-state index contributed by atoms with van der Waals surface area (Å²) in [5.74, 6) is 1.78. The Bertz CT molecular complexity index is 1060. The molecule has 0 aliphatic rings. The monoisotopic (exact) mass is 335 g/mol. The number of aryl methyl sites for hydroxylation is 1. The molecule has 24 heavy (non-hydrogen) atoms. The van der Waals surface area contributed by atoms with Gasteiger partial charge < -0.3 is 10.2 Å². The Morgan fingerprint density at radius 3 is 2.67 bits per heavy atom. The molecule has 4 aromatic rings. The molecule has 2 aromatic carbocycles. The van der Waals surface area contributed by atoms with Gasteiger partial charge in [-0.1, -0.05) is 35.9 Å². The van der Waals surface area contributed by atoms with E-state index in [2.05, 4.69) is 9.97 Å². The highest BCUT2D eigenvalue weighted by Gasteiger charge is 2.16. The minimum absolute atomic E-state index is 0.342. The first-order valence-corrected chi connectivity index (χ1v) is 7.87. The van der Waals surface area contributed by atoms with Crippen molar-refractivity contribution in [3.05, 3.63) is 65.5 Å². The average Bonchev–Trinajstić information content (AvgIpc) is 3.01. The van der Waals surface area contributed by atoms with Crippen LogP contribution in [0.1, 0.15) is 5.76 Å². The van der Waals surface area contributed by atoms with Crippen molar-refractivity contribution in [2.45, 2.75) is 6.92 Å². The Hall–Kier alpha value is -2.85. The number of hydrogen-bond donors (Lipinski definition) is 1. The summed E-state index contributed by atoms with van der Waals surface area (Å²) in [5, 5.41) is 2.71. The van der Waals surface area contributed by atoms with Gasteiger partial charge in [0.1, 0.15) is 17.3 Å². The van der Waals surface area contributed by atoms with Gasteiger partial charge >= 0.3 is 0 Å². The van der Waals surface area contributed by atoms with Crippen molar-refractivity contribution in [1.29, 1.82) is 0 Å². The smallest absolute Gasteiger partial charge is 0.154 e. The van der Waals surface area contributed by atoms with Gasteiger partial charge in [-0.15, -0.1) is 0 Å². The van der Waals surface area contributed by atoms with E-state index in [-0.39, 0.29) is 0 Å². The highest BCUT2D eigenvalue weighted by Crippen LogP contribution is 2.35. The SMILES string of the molecule is Cc1ccc(-c2nc(N)cnc2-c2cc(Cl)c3ccccc3c2)o1. The average molecular weight is 336 g/mol. The van der Waals surface area contributed by atoms with Crippen LogP contribution >= 0.6 is 11.6 Å². The fourth-order valence-corrected chi connectivity index (χ4v) is 3.04. The fourth-order valence-electron chi connectivity index (χ4n) is 2.75. The van der Waals surface area contributed by atoms with Gasteiger partial charge in [0.2, 0.25) is 0 Å². The van der Waals surface area contributed by atoms with Crippen molar-refractivity contribution in [1.82, 2.24) is 9.97 Å². The van der Waals surface area contributed by atoms with Crippen molar-refractivity contribution >= 4 is 28.2 Å². The quantitative estimate of drug-likeness (QED) is 0.553. The highest BCUT2D eigenvalue weighted by atomic mass is 35.5. The Labute approximate surface area is 143 Å². The van der Waals surface area contributed by atoms with E-state index in [1.807, 2.05) is 55.5 Å². The number of aromatic nitrogens is 2. The molecule has 2 aromatic heterocycles. The summed E-state index contributed by atoms with van der Waals surface area (Å²) in [6, 6.07) is 15.6. The van der Waals surface area contributed by atoms with Crippen LogP contribution in [0.3, 0.4) is 0 Å². The van der Waals surface area contributed by atoms with Gasteiger partial charge in [0, 0.05) is 16.0 Å². The molecule has 0 saturated heterocycles. The van der Waals surface area contributed by atoms with E-state index in [4.69, 9.17) is 21.8 Å². The third kappa shape index (κ3) is 2.51. The largest absolute Gasteiger partial charge is 0.460 e. The molecule has 5 heteroatoms. The lowest BCUT2D eigenvalue weighted by atomic mass is 10.0. The van der Waals surface area contributed by atoms with Crippen LogP contribution in [0.25, 0.3) is 33.5 Å². The molecule has 0 amide bonds. The number of benzene rings is 2. The van der Waals surface area contributed by atoms with Crippen LogP contribution in [-0.2, 0) is 0 Å². The Balaban J connectivity index is 1.97. The lowest BCUT2D eigenvalue weighted by Crippen LogP contribution is -1.98. The molecule has 2 heterocycles. The van der Waals surface area contributed by atoms with E-state index < -0.39 is 0 Å². The van der Waals surface area contributed by atoms with Crippen LogP contribution in [0.15, 0.2) is 59.1 Å². The maximum absolute atomic E-state index is 6.45. The normalized spacial score (nSPS) is 11.1. The molecule has 0 atom stereocenters. The molecule has 4 rings (SSSR count). The lowest BCUT2D eigenvalue weighted by Gasteiger charge is -2.09. The Kier molecular flexibility index (Phi) is 3.47. The molecule has 118 valence electrons. The Morgan fingerprint density at radius 1 is 1.04 bits per heavy atom. The van der Waals surface area contributed by atoms with Crippen LogP contribution in [0, 0.1) is 6.92 Å². The molecule has 0 bridgehead atoms. The van der Waals surface area contributed by atoms with Crippen LogP contribution in [0.4, 0.5) is 5.82 Å². The third-order valence-electron chi connectivity index (χ3n) is 3.85. The molecule has 4 nitrogen and oxygen atoms in total. The first kappa shape index (κ1) is 14.7. The van der Waals surface area contributed by atoms with Gasteiger partial charge in [0.05, 0.1) is 11.9 Å². The van der Waals surface area contributed by atoms with Crippen LogP contribution in [-0.4, -0.2) is 9.97 Å². The fraction of sp³-hybridized carbons (Fsp3) is 0.0526. The van der Waals surface area contributed by atoms with Gasteiger partial charge in [-0.25, -0.2) is 9.97 Å². The molecule has 0 spiro atoms. The zero-order valence-corrected chi connectivity index (χ0v) is 13.7. The van der Waals surface area contributed by atoms with Gasteiger partial charge in [-0.3, -0.25) is 0 Å². The minimum atomic E-state index is 0.342. The maximum atomic E-state index is 6.45. The molecular weight excluding hydrogens is 322 g/mol. The second-order valence-corrected chi connectivity index (χ2v) is 5.99. The standard InChI is InChI=1S/C19H14ClN3O/c1-11-6-7-16(24-11)19-18(22-10-17(21)23-19)13-8-12-4-2-3-5-14(12)15(20)9-13/h2-10H,1H3,(H2,21,23). The lowest BCUT2D eigenvalue weighted by molar-refractivity contribution is 0.546. The second-order valence-electron chi connectivity index (χ2n) is 5.58. The Morgan fingerprint density at radius 2 is 1.88 bits per heavy atom. The molecular formula is C19H14ClN3O. The van der Waals surface area contributed by atoms with Crippen LogP contribution in [0.5, 0.6) is 0 Å². The van der Waals surface area contributed by atoms with Crippen molar-refractivity contribution in [3.63, 3.8) is 0 Å². The molecule has 0 fully saturated rings. The molecule has 0 aliphatic heterocycles. The number of rotatable bonds is 2. The molecule has 0 radical (unpaired) electrons. The first-order valence-electron chi connectivity index (χ1n) is 7.50. The summed E-state index contributed by atoms with van der Waals surface area (Å²) in [4.78, 5) is 8.90. The predicted octanol–water partition coefficient (Wildman–Crippen LogP) is 5.10. The van der Waals surface area contributed by atoms with Gasteiger partial charge in [0.15, 0.2) is 5.76 Å². The maximum Gasteiger partial charge on any atom is 0.154 e. The van der Waals surface area contributed by atoms with Gasteiger partial charge in [0.25, 0.3) is 0 Å². The van der Waals surface area contributed by atoms with Gasteiger partial charge in [-0.05, 0) is 36.6 Å². The number of nitrogen functional groups attached to an aromatic ring is 1. The van der Waals surface area contributed by atoms with E-state index in [1.54, 1.807) is 0 Å². The number of nitrogens with zero attached hydrogens (tertiary/aromatic N) is 2. The summed E-state index contributed by atoms with van der Waals surface area (Å²) >= 11 is 6.45. The third-order valence-corrected chi connectivity index (χ3v) is 4.16. The number of hydrogen-bond acceptors (Lipinski definition) is 4. The van der Waals surface area contributed by atoms with E-state index in [0.29, 0.717) is 28.0 Å². The number of nitrogens with two attached hydrogens (primary N) is 1. The number of halogens is 1. The van der Waals surface area contributed by atoms with E-state index in [9.17, 15) is 0 Å². The van der Waals surface area contributed by atoms with Crippen LogP contribution in [0.2, 0.25) is 5.02 Å². The molecule has 0 unspecified atom stereocenters. The molecule has 2 N–H and O–H groups in total. The zero-order valence-electron chi connectivity index (χ0n) is 13.0. The highest BCUT2D eigenvalue weighted by molar-refractivity contribution is 6.36. The predicted molar refractivity (Wildman–Crippen MR) is 96.8 cm³/mol. The summed E-state index contributed by atoms with van der Waals surface area (Å²) in [6.45, 7) is 1.88. The minimum Gasteiger partial charge on any atom is -0.460 e. The summed E-state index contributed by atoms with van der Waals surface area (Å²) < 4.78 is 5.71. The van der Waals surface area contributed by atoms with Crippen molar-refractivity contribution in [3.8, 4) is 22.7 Å². The van der Waals surface area contributed by atoms with Crippen molar-refractivity contribution < 1.29 is 4.42 Å². The van der Waals surface area contributed by atoms with E-state index in [0.717, 1.165) is 22.1 Å². The van der Waals surface area contributed by atoms with Crippen molar-refractivity contribution in [2.75, 3.05) is 5.73 Å². The number of furan rings is 1. The molecule has 0 aliphatic carbocycles. The summed E-state index contributed by atoms with van der Waals surface area (Å²) in [7, 11) is 0. The number of fused-ring (bicyclic) bond motifs is 1. The van der Waals surface area contributed by atoms with E-state index in [1.165, 1.54) is 6.20 Å². The van der Waals surface area contributed by atoms with E-state index >= 15 is 0 Å². The van der Waals surface area contributed by atoms with Crippen LogP contribution < -0.4 is 5.73 Å². The zero-order chi connectivity index (χ0) is 16.7. The molecule has 0 saturated carbocycles. The topological polar surface area (TPSA) is 64.9 Å². The number of anilines is 1. The summed E-state index contributed by atoms with van der Waals surface area (Å²) in [5.41, 5.74) is 7.99. The van der Waals surface area contributed by atoms with Crippen molar-refractivity contribution in [2.24, 2.45) is 0 Å². The summed E-state index contributed by atoms with van der Waals surface area (Å²) in [6.07, 6.45) is 1.54.